The molecule has 2 aromatic rings. The van der Waals surface area contributed by atoms with Gasteiger partial charge in [0.15, 0.2) is 0 Å². The Morgan fingerprint density at radius 3 is 2.59 bits per heavy atom. The fraction of sp³-hybridized carbons (Fsp3) is 0.167. The van der Waals surface area contributed by atoms with Crippen LogP contribution >= 0.6 is 0 Å². The molecular formula is C18H19FN2O. The standard InChI is InChI=1S/C18H19FN2O/c1-3-21(17-6-4-5-14(2)13-17)18(22)20-12-11-15-7-9-16(19)10-8-15/h4-13H,3H2,1-2H3,(H,20,22)/b12-11+. The van der Waals surface area contributed by atoms with Crippen molar-refractivity contribution >= 4 is 17.8 Å². The summed E-state index contributed by atoms with van der Waals surface area (Å²) < 4.78 is 12.8. The molecule has 2 amide bonds. The molecule has 1 N–H and O–H groups in total. The van der Waals surface area contributed by atoms with Crippen LogP contribution in [0.5, 0.6) is 0 Å². The van der Waals surface area contributed by atoms with Gasteiger partial charge in [0.1, 0.15) is 5.82 Å². The van der Waals surface area contributed by atoms with Crippen LogP contribution in [0.2, 0.25) is 0 Å². The third-order valence-corrected chi connectivity index (χ3v) is 3.23. The Kier molecular flexibility index (Phi) is 5.31. The average Bonchev–Trinajstić information content (AvgIpc) is 2.50. The van der Waals surface area contributed by atoms with E-state index in [-0.39, 0.29) is 11.8 Å². The van der Waals surface area contributed by atoms with Gasteiger partial charge in [-0.1, -0.05) is 24.3 Å². The molecule has 0 aromatic heterocycles. The van der Waals surface area contributed by atoms with Crippen molar-refractivity contribution in [3.63, 3.8) is 0 Å². The van der Waals surface area contributed by atoms with Crippen molar-refractivity contribution in [2.75, 3.05) is 11.4 Å². The van der Waals surface area contributed by atoms with Gasteiger partial charge in [-0.15, -0.1) is 0 Å². The topological polar surface area (TPSA) is 32.3 Å². The monoisotopic (exact) mass is 298 g/mol. The molecule has 114 valence electrons. The largest absolute Gasteiger partial charge is 0.325 e. The molecule has 4 heteroatoms. The van der Waals surface area contributed by atoms with Gasteiger partial charge in [0, 0.05) is 18.4 Å². The normalized spacial score (nSPS) is 10.7. The lowest BCUT2D eigenvalue weighted by Gasteiger charge is -2.20. The van der Waals surface area contributed by atoms with E-state index in [0.29, 0.717) is 6.54 Å². The van der Waals surface area contributed by atoms with Crippen LogP contribution in [0, 0.1) is 12.7 Å². The smallest absolute Gasteiger partial charge is 0.314 e. The number of carbonyl (C=O) groups is 1. The highest BCUT2D eigenvalue weighted by atomic mass is 19.1. The molecule has 0 bridgehead atoms. The summed E-state index contributed by atoms with van der Waals surface area (Å²) in [7, 11) is 0. The highest BCUT2D eigenvalue weighted by Crippen LogP contribution is 2.15. The van der Waals surface area contributed by atoms with E-state index in [1.807, 2.05) is 38.1 Å². The zero-order valence-corrected chi connectivity index (χ0v) is 12.7. The number of amides is 2. The van der Waals surface area contributed by atoms with Gasteiger partial charge in [-0.3, -0.25) is 4.90 Å². The average molecular weight is 298 g/mol. The van der Waals surface area contributed by atoms with Crippen molar-refractivity contribution in [2.45, 2.75) is 13.8 Å². The Balaban J connectivity index is 2.02. The first-order chi connectivity index (χ1) is 10.6. The van der Waals surface area contributed by atoms with Gasteiger partial charge < -0.3 is 5.32 Å². The summed E-state index contributed by atoms with van der Waals surface area (Å²) in [6, 6.07) is 13.6. The van der Waals surface area contributed by atoms with Crippen molar-refractivity contribution < 1.29 is 9.18 Å². The molecular weight excluding hydrogens is 279 g/mol. The molecule has 0 atom stereocenters. The van der Waals surface area contributed by atoms with Crippen molar-refractivity contribution in [1.29, 1.82) is 0 Å². The second kappa shape index (κ2) is 7.41. The molecule has 0 unspecified atom stereocenters. The van der Waals surface area contributed by atoms with E-state index in [4.69, 9.17) is 0 Å². The Morgan fingerprint density at radius 1 is 1.23 bits per heavy atom. The van der Waals surface area contributed by atoms with Crippen LogP contribution in [0.3, 0.4) is 0 Å². The quantitative estimate of drug-likeness (QED) is 0.894. The maximum atomic E-state index is 12.8. The van der Waals surface area contributed by atoms with Crippen molar-refractivity contribution in [2.24, 2.45) is 0 Å². The number of hydrogen-bond donors (Lipinski definition) is 1. The van der Waals surface area contributed by atoms with Gasteiger partial charge in [-0.25, -0.2) is 9.18 Å². The number of urea groups is 1. The van der Waals surface area contributed by atoms with E-state index in [9.17, 15) is 9.18 Å². The summed E-state index contributed by atoms with van der Waals surface area (Å²) in [5, 5.41) is 2.73. The summed E-state index contributed by atoms with van der Waals surface area (Å²) in [6.07, 6.45) is 3.29. The van der Waals surface area contributed by atoms with Crippen LogP contribution in [-0.4, -0.2) is 12.6 Å². The maximum absolute atomic E-state index is 12.8. The molecule has 0 aliphatic carbocycles. The number of aryl methyl sites for hydroxylation is 1. The first-order valence-electron chi connectivity index (χ1n) is 7.17. The molecule has 0 saturated carbocycles. The van der Waals surface area contributed by atoms with E-state index in [1.165, 1.54) is 12.1 Å². The fourth-order valence-corrected chi connectivity index (χ4v) is 2.10. The fourth-order valence-electron chi connectivity index (χ4n) is 2.10. The van der Waals surface area contributed by atoms with E-state index in [2.05, 4.69) is 5.32 Å². The Bertz CT molecular complexity index is 665. The molecule has 0 fully saturated rings. The third kappa shape index (κ3) is 4.19. The number of anilines is 1. The first-order valence-corrected chi connectivity index (χ1v) is 7.17. The van der Waals surface area contributed by atoms with Crippen molar-refractivity contribution in [1.82, 2.24) is 5.32 Å². The Labute approximate surface area is 130 Å². The lowest BCUT2D eigenvalue weighted by molar-refractivity contribution is 0.249. The lowest BCUT2D eigenvalue weighted by atomic mass is 10.2. The van der Waals surface area contributed by atoms with E-state index in [0.717, 1.165) is 16.8 Å². The molecule has 22 heavy (non-hydrogen) atoms. The highest BCUT2D eigenvalue weighted by molar-refractivity contribution is 5.92. The molecule has 0 saturated heterocycles. The summed E-state index contributed by atoms with van der Waals surface area (Å²) >= 11 is 0. The zero-order chi connectivity index (χ0) is 15.9. The molecule has 0 heterocycles. The third-order valence-electron chi connectivity index (χ3n) is 3.23. The predicted octanol–water partition coefficient (Wildman–Crippen LogP) is 4.34. The van der Waals surface area contributed by atoms with E-state index >= 15 is 0 Å². The molecule has 0 radical (unpaired) electrons. The minimum Gasteiger partial charge on any atom is -0.314 e. The summed E-state index contributed by atoms with van der Waals surface area (Å²) in [5.74, 6) is -0.280. The van der Waals surface area contributed by atoms with Crippen molar-refractivity contribution in [3.8, 4) is 0 Å². The van der Waals surface area contributed by atoms with E-state index in [1.54, 1.807) is 29.3 Å². The molecule has 3 nitrogen and oxygen atoms in total. The summed E-state index contributed by atoms with van der Waals surface area (Å²) in [6.45, 7) is 4.48. The molecule has 0 spiro atoms. The SMILES string of the molecule is CCN(C(=O)N/C=C/c1ccc(F)cc1)c1cccc(C)c1. The molecule has 2 aromatic carbocycles. The number of nitrogens with one attached hydrogen (secondary N) is 1. The molecule has 0 aliphatic rings. The minimum absolute atomic E-state index is 0.202. The number of benzene rings is 2. The molecule has 0 aliphatic heterocycles. The summed E-state index contributed by atoms with van der Waals surface area (Å²) in [4.78, 5) is 13.9. The number of carbonyl (C=O) groups excluding carboxylic acids is 1. The maximum Gasteiger partial charge on any atom is 0.325 e. The summed E-state index contributed by atoms with van der Waals surface area (Å²) in [5.41, 5.74) is 2.78. The lowest BCUT2D eigenvalue weighted by Crippen LogP contribution is -2.37. The molecule has 2 rings (SSSR count). The van der Waals surface area contributed by atoms with Crippen LogP contribution in [0.1, 0.15) is 18.1 Å². The number of hydrogen-bond acceptors (Lipinski definition) is 1. The van der Waals surface area contributed by atoms with Crippen LogP contribution < -0.4 is 10.2 Å². The zero-order valence-electron chi connectivity index (χ0n) is 12.7. The van der Waals surface area contributed by atoms with Gasteiger partial charge in [0.2, 0.25) is 0 Å². The van der Waals surface area contributed by atoms with Crippen LogP contribution in [-0.2, 0) is 0 Å². The predicted molar refractivity (Wildman–Crippen MR) is 88.2 cm³/mol. The van der Waals surface area contributed by atoms with Gasteiger partial charge in [-0.05, 0) is 55.3 Å². The highest BCUT2D eigenvalue weighted by Gasteiger charge is 2.12. The Hall–Kier alpha value is -2.62. The van der Waals surface area contributed by atoms with Crippen LogP contribution in [0.4, 0.5) is 14.9 Å². The van der Waals surface area contributed by atoms with Gasteiger partial charge in [0.05, 0.1) is 0 Å². The minimum atomic E-state index is -0.280. The van der Waals surface area contributed by atoms with Gasteiger partial charge >= 0.3 is 6.03 Å². The number of nitrogens with zero attached hydrogens (tertiary/aromatic N) is 1. The van der Waals surface area contributed by atoms with Crippen LogP contribution in [0.25, 0.3) is 6.08 Å². The first kappa shape index (κ1) is 15.8. The number of rotatable bonds is 4. The van der Waals surface area contributed by atoms with Crippen molar-refractivity contribution in [3.05, 3.63) is 71.7 Å². The van der Waals surface area contributed by atoms with Gasteiger partial charge in [0.25, 0.3) is 0 Å². The van der Waals surface area contributed by atoms with Crippen LogP contribution in [0.15, 0.2) is 54.7 Å². The second-order valence-corrected chi connectivity index (χ2v) is 4.92. The van der Waals surface area contributed by atoms with E-state index < -0.39 is 0 Å². The number of halogens is 1. The Morgan fingerprint density at radius 2 is 1.95 bits per heavy atom. The van der Waals surface area contributed by atoms with Gasteiger partial charge in [-0.2, -0.15) is 0 Å². The second-order valence-electron chi connectivity index (χ2n) is 4.92.